The summed E-state index contributed by atoms with van der Waals surface area (Å²) in [7, 11) is 0. The van der Waals surface area contributed by atoms with E-state index in [4.69, 9.17) is 5.73 Å². The van der Waals surface area contributed by atoms with Gasteiger partial charge < -0.3 is 15.9 Å². The molecule has 4 atom stereocenters. The second-order valence-corrected chi connectivity index (χ2v) is 8.51. The fraction of sp³-hybridized carbons (Fsp3) is 0.308. The van der Waals surface area contributed by atoms with Gasteiger partial charge in [-0.15, -0.1) is 0 Å². The second kappa shape index (κ2) is 9.88. The summed E-state index contributed by atoms with van der Waals surface area (Å²) in [5.74, 6) is -1.35. The molecule has 4 N–H and O–H groups in total. The van der Waals surface area contributed by atoms with Crippen LogP contribution in [0, 0.1) is 11.6 Å². The molecule has 3 aromatic rings. The number of aliphatic hydroxyl groups excluding tert-OH is 2. The van der Waals surface area contributed by atoms with E-state index in [0.29, 0.717) is 18.5 Å². The first-order chi connectivity index (χ1) is 15.4. The minimum Gasteiger partial charge on any atom is -0.392 e. The Balaban J connectivity index is 1.62. The first kappa shape index (κ1) is 22.6. The van der Waals surface area contributed by atoms with Gasteiger partial charge in [0.25, 0.3) is 0 Å². The Morgan fingerprint density at radius 1 is 0.906 bits per heavy atom. The molecule has 0 aromatic heterocycles. The minimum atomic E-state index is -0.992. The summed E-state index contributed by atoms with van der Waals surface area (Å²) in [5, 5.41) is 21.7. The number of hydrogen-bond donors (Lipinski definition) is 3. The number of rotatable bonds is 7. The molecule has 0 amide bonds. The number of nitrogens with zero attached hydrogens (tertiary/aromatic N) is 1. The lowest BCUT2D eigenvalue weighted by atomic mass is 9.92. The zero-order valence-corrected chi connectivity index (χ0v) is 17.7. The van der Waals surface area contributed by atoms with Gasteiger partial charge in [-0.3, -0.25) is 4.90 Å². The molecule has 4 rings (SSSR count). The maximum atomic E-state index is 13.6. The molecule has 0 bridgehead atoms. The first-order valence-electron chi connectivity index (χ1n) is 10.8. The van der Waals surface area contributed by atoms with Gasteiger partial charge in [0, 0.05) is 24.7 Å². The van der Waals surface area contributed by atoms with E-state index in [1.807, 2.05) is 60.7 Å². The van der Waals surface area contributed by atoms with Crippen molar-refractivity contribution in [1.82, 2.24) is 4.90 Å². The van der Waals surface area contributed by atoms with Gasteiger partial charge in [-0.05, 0) is 41.7 Å². The maximum Gasteiger partial charge on any atom is 0.126 e. The maximum absolute atomic E-state index is 13.6. The molecule has 32 heavy (non-hydrogen) atoms. The van der Waals surface area contributed by atoms with Crippen LogP contribution in [0.15, 0.2) is 78.9 Å². The third kappa shape index (κ3) is 5.05. The average Bonchev–Trinajstić information content (AvgIpc) is 3.15. The SMILES string of the molecule is N[C@@H](Cc1cc(F)cc(F)c1)[C@H](O)[C@H]1C[C@H](O)CN1C(c1ccccc1)c1ccccc1. The van der Waals surface area contributed by atoms with E-state index in [1.165, 1.54) is 12.1 Å². The molecule has 0 unspecified atom stereocenters. The van der Waals surface area contributed by atoms with Crippen LogP contribution in [-0.4, -0.2) is 45.9 Å². The summed E-state index contributed by atoms with van der Waals surface area (Å²) in [6.07, 6.45) is -1.11. The van der Waals surface area contributed by atoms with Crippen LogP contribution in [0.3, 0.4) is 0 Å². The zero-order valence-electron chi connectivity index (χ0n) is 17.7. The van der Waals surface area contributed by atoms with E-state index >= 15 is 0 Å². The van der Waals surface area contributed by atoms with Crippen molar-refractivity contribution in [3.8, 4) is 0 Å². The fourth-order valence-corrected chi connectivity index (χ4v) is 4.75. The molecule has 1 aliphatic rings. The van der Waals surface area contributed by atoms with Crippen LogP contribution in [-0.2, 0) is 6.42 Å². The van der Waals surface area contributed by atoms with Crippen molar-refractivity contribution < 1.29 is 19.0 Å². The molecule has 1 aliphatic heterocycles. The summed E-state index contributed by atoms with van der Waals surface area (Å²) in [6, 6.07) is 21.8. The Hall–Kier alpha value is -2.64. The normalized spacial score (nSPS) is 21.1. The molecular weight excluding hydrogens is 410 g/mol. The number of β-amino-alcohol motifs (C(OH)–C–C–N with tert-alkyl or cyclic N) is 1. The summed E-state index contributed by atoms with van der Waals surface area (Å²) < 4.78 is 27.2. The van der Waals surface area contributed by atoms with Crippen molar-refractivity contribution in [3.63, 3.8) is 0 Å². The van der Waals surface area contributed by atoms with E-state index in [0.717, 1.165) is 17.2 Å². The molecular formula is C26H28F2N2O2. The Morgan fingerprint density at radius 2 is 1.44 bits per heavy atom. The number of benzene rings is 3. The quantitative estimate of drug-likeness (QED) is 0.529. The van der Waals surface area contributed by atoms with Crippen molar-refractivity contribution in [2.24, 2.45) is 5.73 Å². The van der Waals surface area contributed by atoms with Gasteiger partial charge in [0.15, 0.2) is 0 Å². The molecule has 1 heterocycles. The molecule has 1 saturated heterocycles. The van der Waals surface area contributed by atoms with Crippen LogP contribution in [0.5, 0.6) is 0 Å². The standard InChI is InChI=1S/C26H28F2N2O2/c27-20-11-17(12-21(28)14-20)13-23(29)26(32)24-15-22(31)16-30(24)25(18-7-3-1-4-8-18)19-9-5-2-6-10-19/h1-12,14,22-26,31-32H,13,15-16,29H2/t22-,23-,24+,26-/m0/s1. The van der Waals surface area contributed by atoms with Crippen molar-refractivity contribution >= 4 is 0 Å². The largest absolute Gasteiger partial charge is 0.392 e. The molecule has 168 valence electrons. The summed E-state index contributed by atoms with van der Waals surface area (Å²) in [5.41, 5.74) is 8.80. The third-order valence-corrected chi connectivity index (χ3v) is 6.15. The topological polar surface area (TPSA) is 69.7 Å². The van der Waals surface area contributed by atoms with Crippen LogP contribution in [0.1, 0.15) is 29.2 Å². The van der Waals surface area contributed by atoms with E-state index in [-0.39, 0.29) is 12.5 Å². The molecule has 0 radical (unpaired) electrons. The van der Waals surface area contributed by atoms with Crippen LogP contribution >= 0.6 is 0 Å². The van der Waals surface area contributed by atoms with E-state index in [2.05, 4.69) is 4.90 Å². The number of likely N-dealkylation sites (tertiary alicyclic amines) is 1. The lowest BCUT2D eigenvalue weighted by Gasteiger charge is -2.37. The molecule has 3 aromatic carbocycles. The van der Waals surface area contributed by atoms with Crippen molar-refractivity contribution in [2.45, 2.75) is 43.2 Å². The van der Waals surface area contributed by atoms with Gasteiger partial charge in [0.2, 0.25) is 0 Å². The van der Waals surface area contributed by atoms with E-state index < -0.39 is 35.9 Å². The highest BCUT2D eigenvalue weighted by Crippen LogP contribution is 2.36. The number of aliphatic hydroxyl groups is 2. The Labute approximate surface area is 186 Å². The number of halogens is 2. The first-order valence-corrected chi connectivity index (χ1v) is 10.8. The molecule has 1 fully saturated rings. The van der Waals surface area contributed by atoms with Crippen molar-refractivity contribution in [2.75, 3.05) is 6.54 Å². The van der Waals surface area contributed by atoms with E-state index in [9.17, 15) is 19.0 Å². The smallest absolute Gasteiger partial charge is 0.126 e. The highest BCUT2D eigenvalue weighted by Gasteiger charge is 2.42. The Bertz CT molecular complexity index is 959. The minimum absolute atomic E-state index is 0.123. The highest BCUT2D eigenvalue weighted by atomic mass is 19.1. The molecule has 0 aliphatic carbocycles. The lowest BCUT2D eigenvalue weighted by Crippen LogP contribution is -2.50. The summed E-state index contributed by atoms with van der Waals surface area (Å²) >= 11 is 0. The molecule has 0 saturated carbocycles. The number of nitrogens with two attached hydrogens (primary N) is 1. The van der Waals surface area contributed by atoms with Crippen molar-refractivity contribution in [3.05, 3.63) is 107 Å². The summed E-state index contributed by atoms with van der Waals surface area (Å²) in [6.45, 7) is 0.386. The zero-order chi connectivity index (χ0) is 22.7. The van der Waals surface area contributed by atoms with Crippen LogP contribution in [0.25, 0.3) is 0 Å². The van der Waals surface area contributed by atoms with Gasteiger partial charge in [-0.1, -0.05) is 60.7 Å². The lowest BCUT2D eigenvalue weighted by molar-refractivity contribution is 0.0405. The summed E-state index contributed by atoms with van der Waals surface area (Å²) in [4.78, 5) is 2.09. The monoisotopic (exact) mass is 438 g/mol. The Kier molecular flexibility index (Phi) is 6.96. The second-order valence-electron chi connectivity index (χ2n) is 8.51. The van der Waals surface area contributed by atoms with Crippen LogP contribution in [0.4, 0.5) is 8.78 Å². The van der Waals surface area contributed by atoms with Gasteiger partial charge >= 0.3 is 0 Å². The Morgan fingerprint density at radius 3 is 1.97 bits per heavy atom. The molecule has 6 heteroatoms. The van der Waals surface area contributed by atoms with Gasteiger partial charge in [-0.2, -0.15) is 0 Å². The average molecular weight is 439 g/mol. The van der Waals surface area contributed by atoms with E-state index in [1.54, 1.807) is 0 Å². The molecule has 0 spiro atoms. The predicted octanol–water partition coefficient (Wildman–Crippen LogP) is 3.42. The van der Waals surface area contributed by atoms with Gasteiger partial charge in [0.05, 0.1) is 18.2 Å². The van der Waals surface area contributed by atoms with Gasteiger partial charge in [-0.25, -0.2) is 8.78 Å². The predicted molar refractivity (Wildman–Crippen MR) is 120 cm³/mol. The van der Waals surface area contributed by atoms with Gasteiger partial charge in [0.1, 0.15) is 11.6 Å². The highest BCUT2D eigenvalue weighted by molar-refractivity contribution is 5.32. The van der Waals surface area contributed by atoms with Crippen LogP contribution < -0.4 is 5.73 Å². The van der Waals surface area contributed by atoms with Crippen LogP contribution in [0.2, 0.25) is 0 Å². The molecule has 4 nitrogen and oxygen atoms in total. The number of hydrogen-bond acceptors (Lipinski definition) is 4. The fourth-order valence-electron chi connectivity index (χ4n) is 4.75. The van der Waals surface area contributed by atoms with Crippen molar-refractivity contribution in [1.29, 1.82) is 0 Å². The third-order valence-electron chi connectivity index (χ3n) is 6.15.